The minimum Gasteiger partial charge on any atom is -0.288 e. The maximum Gasteiger partial charge on any atom is 0.206 e. The molecule has 4 heteroatoms. The summed E-state index contributed by atoms with van der Waals surface area (Å²) in [5.41, 5.74) is 1.02. The van der Waals surface area contributed by atoms with Gasteiger partial charge in [0.25, 0.3) is 0 Å². The molecule has 20 heavy (non-hydrogen) atoms. The molecule has 3 rings (SSSR count). The molecule has 0 atom stereocenters. The first-order valence-corrected chi connectivity index (χ1v) is 7.59. The Labute approximate surface area is 120 Å². The molecular formula is C16H14F2OS. The molecule has 0 aliphatic heterocycles. The molecule has 0 amide bonds. The molecule has 1 nitrogen and oxygen atoms in total. The van der Waals surface area contributed by atoms with Crippen LogP contribution >= 0.6 is 11.3 Å². The topological polar surface area (TPSA) is 17.1 Å². The fraction of sp³-hybridized carbons (Fsp3) is 0.312. The van der Waals surface area contributed by atoms with Crippen LogP contribution in [0, 0.1) is 11.6 Å². The Morgan fingerprint density at radius 2 is 1.90 bits per heavy atom. The number of halogens is 2. The Kier molecular flexibility index (Phi) is 3.66. The number of thiophene rings is 1. The average molecular weight is 292 g/mol. The minimum atomic E-state index is -1.05. The number of carbonyl (C=O) groups excluding carboxylic acids is 1. The van der Waals surface area contributed by atoms with Crippen molar-refractivity contribution in [2.24, 2.45) is 0 Å². The minimum absolute atomic E-state index is 0.179. The average Bonchev–Trinajstić information content (AvgIpc) is 2.72. The predicted molar refractivity (Wildman–Crippen MR) is 75.4 cm³/mol. The highest BCUT2D eigenvalue weighted by atomic mass is 32.1. The second-order valence-corrected chi connectivity index (χ2v) is 6.19. The van der Waals surface area contributed by atoms with Gasteiger partial charge in [-0.1, -0.05) is 12.5 Å². The van der Waals surface area contributed by atoms with E-state index >= 15 is 0 Å². The molecule has 2 aromatic rings. The van der Waals surface area contributed by atoms with Gasteiger partial charge >= 0.3 is 0 Å². The molecule has 1 aromatic heterocycles. The summed E-state index contributed by atoms with van der Waals surface area (Å²) in [5.74, 6) is -2.45. The third kappa shape index (κ3) is 2.40. The van der Waals surface area contributed by atoms with Gasteiger partial charge in [0, 0.05) is 4.88 Å². The van der Waals surface area contributed by atoms with Gasteiger partial charge in [0.1, 0.15) is 0 Å². The number of aryl methyl sites for hydroxylation is 2. The molecule has 104 valence electrons. The number of rotatable bonds is 2. The lowest BCUT2D eigenvalue weighted by Gasteiger charge is -2.01. The van der Waals surface area contributed by atoms with Gasteiger partial charge in [-0.25, -0.2) is 8.78 Å². The van der Waals surface area contributed by atoms with E-state index in [0.29, 0.717) is 4.88 Å². The number of fused-ring (bicyclic) bond motifs is 1. The van der Waals surface area contributed by atoms with Crippen molar-refractivity contribution in [2.45, 2.75) is 32.1 Å². The molecule has 1 aliphatic carbocycles. The van der Waals surface area contributed by atoms with Gasteiger partial charge in [0.05, 0.1) is 10.4 Å². The van der Waals surface area contributed by atoms with E-state index < -0.39 is 17.4 Å². The van der Waals surface area contributed by atoms with E-state index in [1.165, 1.54) is 40.3 Å². The van der Waals surface area contributed by atoms with Crippen LogP contribution in [0.4, 0.5) is 8.78 Å². The SMILES string of the molecule is O=C(c1cc2c(s1)CCCCC2)c1cccc(F)c1F. The highest BCUT2D eigenvalue weighted by Crippen LogP contribution is 2.30. The van der Waals surface area contributed by atoms with Crippen molar-refractivity contribution < 1.29 is 13.6 Å². The molecule has 0 saturated heterocycles. The van der Waals surface area contributed by atoms with Crippen molar-refractivity contribution in [3.8, 4) is 0 Å². The Morgan fingerprint density at radius 1 is 1.10 bits per heavy atom. The fourth-order valence-corrected chi connectivity index (χ4v) is 3.80. The molecule has 1 heterocycles. The van der Waals surface area contributed by atoms with Crippen LogP contribution in [0.3, 0.4) is 0 Å². The van der Waals surface area contributed by atoms with Crippen molar-refractivity contribution in [3.63, 3.8) is 0 Å². The number of benzene rings is 1. The normalized spacial score (nSPS) is 14.7. The molecule has 0 N–H and O–H groups in total. The van der Waals surface area contributed by atoms with Crippen molar-refractivity contribution in [3.05, 3.63) is 56.8 Å². The summed E-state index contributed by atoms with van der Waals surface area (Å²) in [6, 6.07) is 5.59. The summed E-state index contributed by atoms with van der Waals surface area (Å²) in [6.45, 7) is 0. The van der Waals surface area contributed by atoms with Crippen molar-refractivity contribution in [2.75, 3.05) is 0 Å². The van der Waals surface area contributed by atoms with Gasteiger partial charge in [-0.05, 0) is 49.4 Å². The van der Waals surface area contributed by atoms with Gasteiger partial charge in [0.15, 0.2) is 11.6 Å². The molecule has 0 saturated carbocycles. The molecule has 0 fully saturated rings. The van der Waals surface area contributed by atoms with Crippen LogP contribution in [-0.4, -0.2) is 5.78 Å². The second kappa shape index (κ2) is 5.44. The Bertz CT molecular complexity index is 637. The summed E-state index contributed by atoms with van der Waals surface area (Å²) in [6.07, 6.45) is 5.44. The molecular weight excluding hydrogens is 278 g/mol. The predicted octanol–water partition coefficient (Wildman–Crippen LogP) is 4.53. The fourth-order valence-electron chi connectivity index (χ4n) is 2.59. The first-order valence-electron chi connectivity index (χ1n) is 6.77. The van der Waals surface area contributed by atoms with Crippen LogP contribution in [0.25, 0.3) is 0 Å². The quantitative estimate of drug-likeness (QED) is 0.587. The Hall–Kier alpha value is -1.55. The number of ketones is 1. The number of hydrogen-bond donors (Lipinski definition) is 0. The molecule has 0 unspecified atom stereocenters. The summed E-state index contributed by atoms with van der Waals surface area (Å²) in [4.78, 5) is 14.1. The highest BCUT2D eigenvalue weighted by Gasteiger charge is 2.21. The smallest absolute Gasteiger partial charge is 0.206 e. The number of carbonyl (C=O) groups is 1. The summed E-state index contributed by atoms with van der Waals surface area (Å²) < 4.78 is 26.9. The van der Waals surface area contributed by atoms with E-state index in [-0.39, 0.29) is 5.56 Å². The van der Waals surface area contributed by atoms with Gasteiger partial charge < -0.3 is 0 Å². The van der Waals surface area contributed by atoms with E-state index in [1.807, 2.05) is 6.07 Å². The molecule has 1 aromatic carbocycles. The third-order valence-electron chi connectivity index (χ3n) is 3.67. The van der Waals surface area contributed by atoms with Gasteiger partial charge in [-0.3, -0.25) is 4.79 Å². The zero-order valence-corrected chi connectivity index (χ0v) is 11.7. The zero-order valence-electron chi connectivity index (χ0n) is 10.9. The summed E-state index contributed by atoms with van der Waals surface area (Å²) in [7, 11) is 0. The standard InChI is InChI=1S/C16H14F2OS/c17-12-7-4-6-11(15(12)18)16(19)14-9-10-5-2-1-3-8-13(10)20-14/h4,6-7,9H,1-3,5,8H2. The monoisotopic (exact) mass is 292 g/mol. The van der Waals surface area contributed by atoms with Gasteiger partial charge in [-0.2, -0.15) is 0 Å². The van der Waals surface area contributed by atoms with Crippen LogP contribution < -0.4 is 0 Å². The van der Waals surface area contributed by atoms with Crippen LogP contribution in [0.1, 0.15) is 44.9 Å². The van der Waals surface area contributed by atoms with Gasteiger partial charge in [0.2, 0.25) is 5.78 Å². The largest absolute Gasteiger partial charge is 0.288 e. The summed E-state index contributed by atoms with van der Waals surface area (Å²) >= 11 is 1.43. The van der Waals surface area contributed by atoms with Crippen LogP contribution in [0.2, 0.25) is 0 Å². The Balaban J connectivity index is 1.97. The van der Waals surface area contributed by atoms with Crippen molar-refractivity contribution >= 4 is 17.1 Å². The van der Waals surface area contributed by atoms with Gasteiger partial charge in [-0.15, -0.1) is 11.3 Å². The maximum atomic E-state index is 13.7. The van der Waals surface area contributed by atoms with E-state index in [4.69, 9.17) is 0 Å². The van der Waals surface area contributed by atoms with E-state index in [1.54, 1.807) is 0 Å². The van der Waals surface area contributed by atoms with Crippen molar-refractivity contribution in [1.82, 2.24) is 0 Å². The van der Waals surface area contributed by atoms with Crippen molar-refractivity contribution in [1.29, 1.82) is 0 Å². The number of hydrogen-bond acceptors (Lipinski definition) is 2. The van der Waals surface area contributed by atoms with Crippen LogP contribution in [0.15, 0.2) is 24.3 Å². The third-order valence-corrected chi connectivity index (χ3v) is 4.90. The van der Waals surface area contributed by atoms with Crippen LogP contribution in [-0.2, 0) is 12.8 Å². The van der Waals surface area contributed by atoms with E-state index in [9.17, 15) is 13.6 Å². The van der Waals surface area contributed by atoms with E-state index in [0.717, 1.165) is 31.7 Å². The lowest BCUT2D eigenvalue weighted by molar-refractivity contribution is 0.103. The van der Waals surface area contributed by atoms with Crippen LogP contribution in [0.5, 0.6) is 0 Å². The van der Waals surface area contributed by atoms with E-state index in [2.05, 4.69) is 0 Å². The lowest BCUT2D eigenvalue weighted by Crippen LogP contribution is -2.03. The first-order chi connectivity index (χ1) is 9.66. The Morgan fingerprint density at radius 3 is 2.75 bits per heavy atom. The molecule has 0 radical (unpaired) electrons. The summed E-state index contributed by atoms with van der Waals surface area (Å²) in [5, 5.41) is 0. The lowest BCUT2D eigenvalue weighted by atomic mass is 10.1. The zero-order chi connectivity index (χ0) is 14.1. The molecule has 0 bridgehead atoms. The highest BCUT2D eigenvalue weighted by molar-refractivity contribution is 7.14. The first kappa shape index (κ1) is 13.4. The molecule has 0 spiro atoms. The second-order valence-electron chi connectivity index (χ2n) is 5.05. The maximum absolute atomic E-state index is 13.7. The molecule has 1 aliphatic rings.